The van der Waals surface area contributed by atoms with Crippen LogP contribution in [0.3, 0.4) is 0 Å². The van der Waals surface area contributed by atoms with Gasteiger partial charge in [-0.25, -0.2) is 19.2 Å². The van der Waals surface area contributed by atoms with E-state index in [0.717, 1.165) is 0 Å². The Balaban J connectivity index is 2.64. The highest BCUT2D eigenvalue weighted by Gasteiger charge is 2.37. The van der Waals surface area contributed by atoms with Crippen LogP contribution >= 0.6 is 12.6 Å². The Morgan fingerprint density at radius 1 is 0.632 bits per heavy atom. The predicted octanol–water partition coefficient (Wildman–Crippen LogP) is 0.103. The van der Waals surface area contributed by atoms with Crippen molar-refractivity contribution >= 4 is 72.1 Å². The number of rotatable bonds is 27. The lowest BCUT2D eigenvalue weighted by Crippen LogP contribution is -2.53. The minimum absolute atomic E-state index is 0.0634. The first-order valence-corrected chi connectivity index (χ1v) is 18.1. The average molecular weight is 827 g/mol. The van der Waals surface area contributed by atoms with Crippen molar-refractivity contribution in [2.24, 2.45) is 5.92 Å². The zero-order valence-electron chi connectivity index (χ0n) is 31.4. The van der Waals surface area contributed by atoms with Gasteiger partial charge in [0.2, 0.25) is 11.8 Å². The first-order chi connectivity index (χ1) is 26.6. The number of ketones is 1. The average Bonchev–Trinajstić information content (AvgIpc) is 3.09. The summed E-state index contributed by atoms with van der Waals surface area (Å²) in [5.41, 5.74) is 1.09. The number of unbranched alkanes of at least 4 members (excludes halogenated alkanes) is 1. The summed E-state index contributed by atoms with van der Waals surface area (Å²) in [5.74, 6) is -11.1. The predicted molar refractivity (Wildman–Crippen MR) is 201 cm³/mol. The van der Waals surface area contributed by atoms with Gasteiger partial charge in [0, 0.05) is 37.2 Å². The van der Waals surface area contributed by atoms with Gasteiger partial charge in [0.15, 0.2) is 5.78 Å². The smallest absolute Gasteiger partial charge is 0.327 e. The molecule has 0 spiro atoms. The van der Waals surface area contributed by atoms with E-state index < -0.39 is 108 Å². The molecule has 1 rings (SSSR count). The molecule has 0 bridgehead atoms. The quantitative estimate of drug-likeness (QED) is 0.0414. The molecule has 1 unspecified atom stereocenters. The summed E-state index contributed by atoms with van der Waals surface area (Å²) < 4.78 is -1.28. The molecule has 0 aliphatic carbocycles. The van der Waals surface area contributed by atoms with Crippen LogP contribution in [0.15, 0.2) is 24.3 Å². The second-order valence-electron chi connectivity index (χ2n) is 13.5. The van der Waals surface area contributed by atoms with Crippen LogP contribution in [0, 0.1) is 5.92 Å². The van der Waals surface area contributed by atoms with Gasteiger partial charge < -0.3 is 57.4 Å². The summed E-state index contributed by atoms with van der Waals surface area (Å²) in [4.78, 5) is 120. The number of hydrogen-bond donors (Lipinski definition) is 12. The summed E-state index contributed by atoms with van der Waals surface area (Å²) in [6, 6.07) is 0.691. The maximum absolute atomic E-state index is 13.1. The van der Waals surface area contributed by atoms with Gasteiger partial charge in [-0.05, 0) is 50.7 Å². The Morgan fingerprint density at radius 2 is 1.21 bits per heavy atom. The van der Waals surface area contributed by atoms with Gasteiger partial charge in [-0.15, -0.1) is 0 Å². The first-order valence-electron chi connectivity index (χ1n) is 17.7. The van der Waals surface area contributed by atoms with Gasteiger partial charge in [0.05, 0.1) is 31.2 Å². The van der Waals surface area contributed by atoms with E-state index in [1.807, 2.05) is 0 Å². The Kier molecular flexibility index (Phi) is 21.1. The molecular formula is C35H50N6O15S. The van der Waals surface area contributed by atoms with Crippen molar-refractivity contribution in [1.82, 2.24) is 31.9 Å². The molecule has 4 atom stereocenters. The van der Waals surface area contributed by atoms with Crippen LogP contribution < -0.4 is 31.9 Å². The number of carbonyl (C=O) groups is 10. The molecule has 0 aromatic heterocycles. The highest BCUT2D eigenvalue weighted by Crippen LogP contribution is 2.20. The fourth-order valence-electron chi connectivity index (χ4n) is 5.11. The number of hydrogen-bond acceptors (Lipinski definition) is 11. The molecule has 57 heavy (non-hydrogen) atoms. The summed E-state index contributed by atoms with van der Waals surface area (Å²) in [5, 5.41) is 60.5. The molecule has 11 N–H and O–H groups in total. The minimum atomic E-state index is -1.64. The standard InChI is InChI=1S/C35H50N6O15S/c1-35(2,57)29(32(53)54)41-30(50)21(16-27(46)47)15-24(42)23(17-28(48)49)39-25(43)14-19-8-10-20(11-9-19)18-38-33(55)36-12-4-3-6-22(31(51)52)40-34(56)37-13-5-7-26(44)45/h8-11,21-23,29,57H,3-7,12-18H2,1-2H3,(H,39,43)(H,41,50)(H,44,45)(H,46,47)(H,48,49)(H,51,52)(H,53,54)(H2,36,38,55)(H2,37,40,56)/t21-,22-,23-,29?/m0/s1. The molecular weight excluding hydrogens is 776 g/mol. The number of Topliss-reactive ketones (excluding diaryl/α,β-unsaturated/α-hetero) is 1. The summed E-state index contributed by atoms with van der Waals surface area (Å²) in [6.07, 6.45) is -2.00. The van der Waals surface area contributed by atoms with E-state index in [4.69, 9.17) is 5.11 Å². The number of aliphatic carboxylic acids is 5. The fraction of sp³-hybridized carbons (Fsp3) is 0.543. The van der Waals surface area contributed by atoms with Crippen molar-refractivity contribution in [2.75, 3.05) is 13.1 Å². The van der Waals surface area contributed by atoms with Gasteiger partial charge in [0.1, 0.15) is 12.1 Å². The highest BCUT2D eigenvalue weighted by atomic mass is 32.1. The molecule has 0 saturated carbocycles. The third-order valence-corrected chi connectivity index (χ3v) is 8.34. The Morgan fingerprint density at radius 3 is 1.75 bits per heavy atom. The van der Waals surface area contributed by atoms with Gasteiger partial charge in [-0.3, -0.25) is 28.8 Å². The summed E-state index contributed by atoms with van der Waals surface area (Å²) >= 11 is 4.15. The lowest BCUT2D eigenvalue weighted by Gasteiger charge is -2.28. The van der Waals surface area contributed by atoms with Crippen molar-refractivity contribution in [3.8, 4) is 0 Å². The van der Waals surface area contributed by atoms with Crippen LogP contribution in [0.25, 0.3) is 0 Å². The number of carbonyl (C=O) groups excluding carboxylic acids is 5. The lowest BCUT2D eigenvalue weighted by atomic mass is 9.92. The molecule has 0 heterocycles. The molecule has 316 valence electrons. The van der Waals surface area contributed by atoms with Gasteiger partial charge in [0.25, 0.3) is 0 Å². The molecule has 21 nitrogen and oxygen atoms in total. The molecule has 0 aliphatic heterocycles. The van der Waals surface area contributed by atoms with E-state index in [1.54, 1.807) is 24.3 Å². The number of amides is 6. The Hall–Kier alpha value is -5.93. The number of nitrogens with one attached hydrogen (secondary N) is 6. The van der Waals surface area contributed by atoms with Crippen molar-refractivity contribution in [2.45, 2.75) is 101 Å². The number of carboxylic acid groups (broad SMARTS) is 5. The Bertz CT molecular complexity index is 1620. The van der Waals surface area contributed by atoms with Crippen LogP contribution in [-0.2, 0) is 51.3 Å². The molecule has 1 aromatic carbocycles. The van der Waals surface area contributed by atoms with E-state index in [0.29, 0.717) is 24.0 Å². The fourth-order valence-corrected chi connectivity index (χ4v) is 5.28. The molecule has 0 fully saturated rings. The molecule has 0 radical (unpaired) electrons. The van der Waals surface area contributed by atoms with Gasteiger partial charge >= 0.3 is 41.9 Å². The van der Waals surface area contributed by atoms with Gasteiger partial charge in [-0.2, -0.15) is 12.6 Å². The topological polar surface area (TPSA) is 344 Å². The lowest BCUT2D eigenvalue weighted by molar-refractivity contribution is -0.146. The summed E-state index contributed by atoms with van der Waals surface area (Å²) in [7, 11) is 0. The minimum Gasteiger partial charge on any atom is -0.481 e. The van der Waals surface area contributed by atoms with E-state index in [2.05, 4.69) is 44.5 Å². The van der Waals surface area contributed by atoms with Crippen LogP contribution in [-0.4, -0.2) is 121 Å². The van der Waals surface area contributed by atoms with Crippen molar-refractivity contribution in [1.29, 1.82) is 0 Å². The third kappa shape index (κ3) is 21.1. The first kappa shape index (κ1) is 49.1. The molecule has 22 heteroatoms. The van der Waals surface area contributed by atoms with Crippen molar-refractivity contribution in [3.63, 3.8) is 0 Å². The maximum atomic E-state index is 13.1. The van der Waals surface area contributed by atoms with Crippen molar-refractivity contribution < 1.29 is 73.5 Å². The van der Waals surface area contributed by atoms with Crippen LogP contribution in [0.1, 0.15) is 76.3 Å². The van der Waals surface area contributed by atoms with Crippen molar-refractivity contribution in [3.05, 3.63) is 35.4 Å². The Labute approximate surface area is 332 Å². The highest BCUT2D eigenvalue weighted by molar-refractivity contribution is 7.81. The normalized spacial score (nSPS) is 13.0. The maximum Gasteiger partial charge on any atom is 0.327 e. The van der Waals surface area contributed by atoms with Crippen LogP contribution in [0.2, 0.25) is 0 Å². The number of benzene rings is 1. The monoisotopic (exact) mass is 826 g/mol. The number of urea groups is 2. The van der Waals surface area contributed by atoms with E-state index in [1.165, 1.54) is 13.8 Å². The third-order valence-electron chi connectivity index (χ3n) is 8.08. The van der Waals surface area contributed by atoms with E-state index >= 15 is 0 Å². The SMILES string of the molecule is CC(C)(S)C(NC(=O)[C@H](CC(=O)O)CC(=O)[C@H](CC(=O)O)NC(=O)Cc1ccc(CNC(=O)NCCCC[C@H](NC(=O)NCCCC(=O)O)C(=O)O)cc1)C(=O)O. The van der Waals surface area contributed by atoms with Crippen LogP contribution in [0.5, 0.6) is 0 Å². The largest absolute Gasteiger partial charge is 0.481 e. The molecule has 6 amide bonds. The molecule has 0 aliphatic rings. The van der Waals surface area contributed by atoms with E-state index in [-0.39, 0.29) is 45.3 Å². The second kappa shape index (κ2) is 24.6. The van der Waals surface area contributed by atoms with Gasteiger partial charge in [-0.1, -0.05) is 24.3 Å². The summed E-state index contributed by atoms with van der Waals surface area (Å²) in [6.45, 7) is 3.14. The zero-order chi connectivity index (χ0) is 43.3. The zero-order valence-corrected chi connectivity index (χ0v) is 32.3. The number of carboxylic acids is 5. The molecule has 1 aromatic rings. The molecule has 0 saturated heterocycles. The van der Waals surface area contributed by atoms with E-state index in [9.17, 15) is 68.4 Å². The number of thiol groups is 1. The second-order valence-corrected chi connectivity index (χ2v) is 14.7. The van der Waals surface area contributed by atoms with Crippen LogP contribution in [0.4, 0.5) is 9.59 Å².